The molecule has 0 spiro atoms. The number of benzene rings is 1. The van der Waals surface area contributed by atoms with Crippen LogP contribution < -0.4 is 16.0 Å². The summed E-state index contributed by atoms with van der Waals surface area (Å²) in [6, 6.07) is 10.1. The van der Waals surface area contributed by atoms with Gasteiger partial charge >= 0.3 is 0 Å². The molecule has 2 aliphatic heterocycles. The number of nitrogens with zero attached hydrogens (tertiary/aromatic N) is 1. The molecule has 0 saturated carbocycles. The lowest BCUT2D eigenvalue weighted by Crippen LogP contribution is -2.60. The van der Waals surface area contributed by atoms with Crippen LogP contribution in [-0.2, 0) is 9.59 Å². The van der Waals surface area contributed by atoms with Gasteiger partial charge in [-0.3, -0.25) is 14.5 Å². The van der Waals surface area contributed by atoms with Crippen molar-refractivity contribution in [3.63, 3.8) is 0 Å². The van der Waals surface area contributed by atoms with Crippen LogP contribution in [0.1, 0.15) is 38.2 Å². The van der Waals surface area contributed by atoms with Crippen LogP contribution in [0.3, 0.4) is 0 Å². The molecule has 166 valence electrons. The minimum atomic E-state index is -0.907. The lowest BCUT2D eigenvalue weighted by atomic mass is 9.74. The number of amides is 2. The third-order valence-electron chi connectivity index (χ3n) is 7.17. The second-order valence-corrected chi connectivity index (χ2v) is 8.78. The van der Waals surface area contributed by atoms with Crippen molar-refractivity contribution in [1.82, 2.24) is 20.9 Å². The third-order valence-corrected chi connectivity index (χ3v) is 7.17. The summed E-state index contributed by atoms with van der Waals surface area (Å²) in [7, 11) is 1.65. The summed E-state index contributed by atoms with van der Waals surface area (Å²) in [6.45, 7) is 5.60. The van der Waals surface area contributed by atoms with Gasteiger partial charge in [-0.1, -0.05) is 30.3 Å². The monoisotopic (exact) mass is 426 g/mol. The van der Waals surface area contributed by atoms with E-state index < -0.39 is 5.54 Å². The van der Waals surface area contributed by atoms with E-state index in [1.54, 1.807) is 7.05 Å². The van der Waals surface area contributed by atoms with E-state index in [0.717, 1.165) is 17.7 Å². The maximum Gasteiger partial charge on any atom is 0.245 e. The van der Waals surface area contributed by atoms with Crippen molar-refractivity contribution in [3.05, 3.63) is 59.2 Å². The summed E-state index contributed by atoms with van der Waals surface area (Å²) in [5.74, 6) is -0.886. The van der Waals surface area contributed by atoms with Crippen molar-refractivity contribution in [3.8, 4) is 0 Å². The molecule has 0 radical (unpaired) electrons. The van der Waals surface area contributed by atoms with Gasteiger partial charge in [0.05, 0.1) is 11.6 Å². The minimum absolute atomic E-state index is 0.0283. The smallest absolute Gasteiger partial charge is 0.245 e. The molecule has 0 aromatic heterocycles. The zero-order valence-electron chi connectivity index (χ0n) is 18.4. The quantitative estimate of drug-likeness (QED) is 0.676. The Balaban J connectivity index is 1.66. The topological polar surface area (TPSA) is 73.5 Å². The zero-order valence-corrected chi connectivity index (χ0v) is 18.4. The van der Waals surface area contributed by atoms with Crippen molar-refractivity contribution >= 4 is 11.8 Å². The van der Waals surface area contributed by atoms with Gasteiger partial charge in [0, 0.05) is 38.2 Å². The molecule has 1 aromatic carbocycles. The fourth-order valence-corrected chi connectivity index (χ4v) is 5.44. The second-order valence-electron chi connectivity index (χ2n) is 8.78. The van der Waals surface area contributed by atoms with Crippen LogP contribution in [0.5, 0.6) is 0 Å². The number of hydrogen-bond donors (Lipinski definition) is 3. The van der Waals surface area contributed by atoms with Crippen LogP contribution >= 0.6 is 0 Å². The Morgan fingerprint density at radius 1 is 1.32 bits per heavy atom. The normalized spacial score (nSPS) is 31.0. The van der Waals surface area contributed by atoms with Crippen LogP contribution in [0, 0.1) is 11.8 Å². The van der Waals surface area contributed by atoms with Gasteiger partial charge in [-0.15, -0.1) is 0 Å². The third kappa shape index (κ3) is 3.65. The van der Waals surface area contributed by atoms with E-state index in [-0.39, 0.29) is 41.8 Å². The van der Waals surface area contributed by atoms with Gasteiger partial charge in [0.25, 0.3) is 0 Å². The molecule has 7 heteroatoms. The highest BCUT2D eigenvalue weighted by molar-refractivity contribution is 5.92. The molecule has 2 amide bonds. The first-order chi connectivity index (χ1) is 14.9. The van der Waals surface area contributed by atoms with Crippen molar-refractivity contribution in [2.24, 2.45) is 11.8 Å². The van der Waals surface area contributed by atoms with E-state index in [2.05, 4.69) is 33.0 Å². The number of likely N-dealkylation sites (N-methyl/N-ethyl adjacent to an activating group) is 1. The standard InChI is InChI=1S/C24H31FN4O2/c1-4-27-20-13-16(25)12-19-21(20)28-23(31)24(19,2)29-11-10-17(15-8-6-5-7-9-15)18(14-29)22(30)26-3/h5-9,13,17-19,27H,4,10-12,14H2,1-3H3,(H,26,30)(H,28,31)/t17-,18-,19?,24+/m0/s1. The molecule has 1 aromatic rings. The van der Waals surface area contributed by atoms with E-state index in [1.807, 2.05) is 32.0 Å². The number of piperidine rings is 1. The number of fused-ring (bicyclic) bond motifs is 1. The number of likely N-dealkylation sites (tertiary alicyclic amines) is 1. The lowest BCUT2D eigenvalue weighted by Gasteiger charge is -2.47. The van der Waals surface area contributed by atoms with Gasteiger partial charge in [-0.2, -0.15) is 0 Å². The van der Waals surface area contributed by atoms with Gasteiger partial charge in [-0.25, -0.2) is 4.39 Å². The first-order valence-corrected chi connectivity index (χ1v) is 11.1. The summed E-state index contributed by atoms with van der Waals surface area (Å²) >= 11 is 0. The molecule has 3 aliphatic rings. The fourth-order valence-electron chi connectivity index (χ4n) is 5.44. The molecular weight excluding hydrogens is 395 g/mol. The van der Waals surface area contributed by atoms with Gasteiger partial charge in [0.1, 0.15) is 11.4 Å². The molecule has 6 nitrogen and oxygen atoms in total. The van der Waals surface area contributed by atoms with E-state index in [1.165, 1.54) is 6.08 Å². The predicted molar refractivity (Wildman–Crippen MR) is 117 cm³/mol. The van der Waals surface area contributed by atoms with Gasteiger partial charge in [0.2, 0.25) is 11.8 Å². The molecule has 31 heavy (non-hydrogen) atoms. The average Bonchev–Trinajstić information content (AvgIpc) is 3.05. The Bertz CT molecular complexity index is 929. The van der Waals surface area contributed by atoms with Crippen LogP contribution in [0.4, 0.5) is 4.39 Å². The second kappa shape index (κ2) is 8.46. The predicted octanol–water partition coefficient (Wildman–Crippen LogP) is 2.42. The summed E-state index contributed by atoms with van der Waals surface area (Å²) in [4.78, 5) is 28.2. The largest absolute Gasteiger partial charge is 0.384 e. The van der Waals surface area contributed by atoms with E-state index in [4.69, 9.17) is 0 Å². The first kappa shape index (κ1) is 21.6. The van der Waals surface area contributed by atoms with Crippen molar-refractivity contribution < 1.29 is 14.0 Å². The maximum atomic E-state index is 14.5. The molecule has 1 unspecified atom stereocenters. The highest BCUT2D eigenvalue weighted by atomic mass is 19.1. The van der Waals surface area contributed by atoms with Gasteiger partial charge in [0.15, 0.2) is 0 Å². The Morgan fingerprint density at radius 2 is 2.06 bits per heavy atom. The van der Waals surface area contributed by atoms with E-state index in [0.29, 0.717) is 25.3 Å². The number of rotatable bonds is 5. The molecule has 3 N–H and O–H groups in total. The number of allylic oxidation sites excluding steroid dienone is 2. The Kier molecular flexibility index (Phi) is 5.88. The van der Waals surface area contributed by atoms with Crippen molar-refractivity contribution in [2.75, 3.05) is 26.7 Å². The maximum absolute atomic E-state index is 14.5. The van der Waals surface area contributed by atoms with E-state index >= 15 is 0 Å². The highest BCUT2D eigenvalue weighted by Gasteiger charge is 2.56. The zero-order chi connectivity index (χ0) is 22.2. The number of carbonyl (C=O) groups is 2. The van der Waals surface area contributed by atoms with Crippen LogP contribution in [-0.4, -0.2) is 48.9 Å². The average molecular weight is 427 g/mol. The number of hydrogen-bond acceptors (Lipinski definition) is 4. The van der Waals surface area contributed by atoms with Crippen molar-refractivity contribution in [2.45, 2.75) is 38.1 Å². The SMILES string of the molecule is CCNC1=C2NC(=O)[C@](C)(N3CC[C@@H](c4ccccc4)[C@@H](C(=O)NC)C3)C2CC(F)=C1. The summed E-state index contributed by atoms with van der Waals surface area (Å²) in [6.07, 6.45) is 2.42. The number of nitrogens with one attached hydrogen (secondary N) is 3. The van der Waals surface area contributed by atoms with Crippen LogP contribution in [0.15, 0.2) is 53.6 Å². The van der Waals surface area contributed by atoms with Crippen LogP contribution in [0.2, 0.25) is 0 Å². The fraction of sp³-hybridized carbons (Fsp3) is 0.500. The summed E-state index contributed by atoms with van der Waals surface area (Å²) in [5, 5.41) is 9.00. The van der Waals surface area contributed by atoms with Crippen LogP contribution in [0.25, 0.3) is 0 Å². The Labute approximate surface area is 183 Å². The van der Waals surface area contributed by atoms with Crippen molar-refractivity contribution in [1.29, 1.82) is 0 Å². The Morgan fingerprint density at radius 3 is 2.74 bits per heavy atom. The molecule has 2 fully saturated rings. The lowest BCUT2D eigenvalue weighted by molar-refractivity contribution is -0.136. The van der Waals surface area contributed by atoms with E-state index in [9.17, 15) is 14.0 Å². The minimum Gasteiger partial charge on any atom is -0.384 e. The molecule has 2 heterocycles. The number of carbonyl (C=O) groups excluding carboxylic acids is 2. The number of halogens is 1. The summed E-state index contributed by atoms with van der Waals surface area (Å²) < 4.78 is 14.5. The molecule has 0 bridgehead atoms. The first-order valence-electron chi connectivity index (χ1n) is 11.1. The molecule has 4 rings (SSSR count). The van der Waals surface area contributed by atoms with Gasteiger partial charge < -0.3 is 16.0 Å². The Hall–Kier alpha value is -2.67. The molecule has 1 aliphatic carbocycles. The van der Waals surface area contributed by atoms with Gasteiger partial charge in [-0.05, 0) is 44.4 Å². The molecule has 2 saturated heterocycles. The highest BCUT2D eigenvalue weighted by Crippen LogP contribution is 2.46. The summed E-state index contributed by atoms with van der Waals surface area (Å²) in [5.41, 5.74) is 1.64. The molecule has 4 atom stereocenters. The molecular formula is C24H31FN4O2.